The summed E-state index contributed by atoms with van der Waals surface area (Å²) in [5.74, 6) is -0.0882. The lowest BCUT2D eigenvalue weighted by Crippen LogP contribution is -2.30. The Bertz CT molecular complexity index is 944. The third-order valence-electron chi connectivity index (χ3n) is 3.66. The Morgan fingerprint density at radius 1 is 1.24 bits per heavy atom. The first-order valence-corrected chi connectivity index (χ1v) is 8.22. The molecular formula is C18H17ClN2O4. The maximum Gasteiger partial charge on any atom is 0.420 e. The van der Waals surface area contributed by atoms with Crippen LogP contribution in [0.1, 0.15) is 12.5 Å². The molecule has 0 spiro atoms. The molecular weight excluding hydrogens is 344 g/mol. The first-order valence-electron chi connectivity index (χ1n) is 7.84. The highest BCUT2D eigenvalue weighted by Gasteiger charge is 2.13. The fraction of sp³-hybridized carbons (Fsp3) is 0.222. The molecule has 3 rings (SSSR count). The van der Waals surface area contributed by atoms with Gasteiger partial charge in [-0.2, -0.15) is 0 Å². The van der Waals surface area contributed by atoms with E-state index < -0.39 is 5.76 Å². The van der Waals surface area contributed by atoms with E-state index in [9.17, 15) is 9.59 Å². The number of ether oxygens (including phenoxy) is 1. The van der Waals surface area contributed by atoms with Gasteiger partial charge in [-0.3, -0.25) is 9.36 Å². The second kappa shape index (κ2) is 7.44. The molecule has 0 radical (unpaired) electrons. The van der Waals surface area contributed by atoms with Crippen LogP contribution in [0.15, 0.2) is 51.7 Å². The Morgan fingerprint density at radius 3 is 2.72 bits per heavy atom. The van der Waals surface area contributed by atoms with Crippen LogP contribution in [0.3, 0.4) is 0 Å². The number of carbonyl (C=O) groups excluding carboxylic acids is 1. The number of fused-ring (bicyclic) bond motifs is 1. The summed E-state index contributed by atoms with van der Waals surface area (Å²) in [4.78, 5) is 24.1. The molecule has 0 unspecified atom stereocenters. The molecule has 25 heavy (non-hydrogen) atoms. The molecule has 1 N–H and O–H groups in total. The second-order valence-electron chi connectivity index (χ2n) is 5.42. The zero-order chi connectivity index (χ0) is 17.8. The summed E-state index contributed by atoms with van der Waals surface area (Å²) in [5.41, 5.74) is 1.83. The van der Waals surface area contributed by atoms with E-state index in [0.717, 1.165) is 11.3 Å². The molecule has 3 aromatic rings. The van der Waals surface area contributed by atoms with Crippen molar-refractivity contribution in [2.24, 2.45) is 0 Å². The van der Waals surface area contributed by atoms with Gasteiger partial charge in [0.25, 0.3) is 0 Å². The van der Waals surface area contributed by atoms with Gasteiger partial charge in [0.15, 0.2) is 5.58 Å². The molecule has 7 heteroatoms. The number of hydrogen-bond donors (Lipinski definition) is 1. The van der Waals surface area contributed by atoms with Gasteiger partial charge in [0.2, 0.25) is 5.91 Å². The molecule has 2 aromatic carbocycles. The number of amides is 1. The van der Waals surface area contributed by atoms with Crippen LogP contribution in [-0.2, 0) is 17.9 Å². The normalized spacial score (nSPS) is 10.8. The van der Waals surface area contributed by atoms with Gasteiger partial charge in [0.1, 0.15) is 12.3 Å². The average molecular weight is 361 g/mol. The Morgan fingerprint density at radius 2 is 2.00 bits per heavy atom. The highest BCUT2D eigenvalue weighted by atomic mass is 35.5. The summed E-state index contributed by atoms with van der Waals surface area (Å²) < 4.78 is 11.8. The van der Waals surface area contributed by atoms with Gasteiger partial charge in [0, 0.05) is 17.6 Å². The van der Waals surface area contributed by atoms with Crippen LogP contribution >= 0.6 is 11.6 Å². The predicted octanol–water partition coefficient (Wildman–Crippen LogP) is 2.96. The van der Waals surface area contributed by atoms with Crippen molar-refractivity contribution >= 4 is 28.6 Å². The molecule has 0 bridgehead atoms. The van der Waals surface area contributed by atoms with Crippen molar-refractivity contribution in [1.82, 2.24) is 9.88 Å². The van der Waals surface area contributed by atoms with E-state index in [1.165, 1.54) is 4.57 Å². The van der Waals surface area contributed by atoms with Gasteiger partial charge in [-0.05, 0) is 36.8 Å². The predicted molar refractivity (Wildman–Crippen MR) is 94.9 cm³/mol. The molecule has 130 valence electrons. The van der Waals surface area contributed by atoms with E-state index in [4.69, 9.17) is 20.8 Å². The quantitative estimate of drug-likeness (QED) is 0.733. The van der Waals surface area contributed by atoms with E-state index in [1.54, 1.807) is 18.2 Å². The molecule has 0 aliphatic rings. The maximum absolute atomic E-state index is 12.2. The first-order chi connectivity index (χ1) is 12.1. The standard InChI is InChI=1S/C18H17ClN2O4/c1-2-24-14-6-3-12(4-7-14)10-20-17(22)11-21-15-8-5-13(19)9-16(15)25-18(21)23/h3-9H,2,10-11H2,1H3,(H,20,22). The Hall–Kier alpha value is -2.73. The Balaban J connectivity index is 1.65. The van der Waals surface area contributed by atoms with Crippen molar-refractivity contribution in [1.29, 1.82) is 0 Å². The molecule has 0 saturated heterocycles. The van der Waals surface area contributed by atoms with Crippen LogP contribution in [0.5, 0.6) is 5.75 Å². The largest absolute Gasteiger partial charge is 0.494 e. The SMILES string of the molecule is CCOc1ccc(CNC(=O)Cn2c(=O)oc3cc(Cl)ccc32)cc1. The van der Waals surface area contributed by atoms with Crippen molar-refractivity contribution in [3.05, 3.63) is 63.6 Å². The zero-order valence-corrected chi connectivity index (χ0v) is 14.4. The van der Waals surface area contributed by atoms with Crippen molar-refractivity contribution in [3.8, 4) is 5.75 Å². The lowest BCUT2D eigenvalue weighted by Gasteiger charge is -2.07. The number of aromatic nitrogens is 1. The Kier molecular flexibility index (Phi) is 5.09. The van der Waals surface area contributed by atoms with Crippen LogP contribution in [0.2, 0.25) is 5.02 Å². The fourth-order valence-electron chi connectivity index (χ4n) is 2.46. The zero-order valence-electron chi connectivity index (χ0n) is 13.6. The Labute approximate surface area is 149 Å². The number of nitrogens with one attached hydrogen (secondary N) is 1. The fourth-order valence-corrected chi connectivity index (χ4v) is 2.62. The highest BCUT2D eigenvalue weighted by Crippen LogP contribution is 2.18. The van der Waals surface area contributed by atoms with Crippen molar-refractivity contribution in [3.63, 3.8) is 0 Å². The number of halogens is 1. The summed E-state index contributed by atoms with van der Waals surface area (Å²) in [7, 11) is 0. The van der Waals surface area contributed by atoms with Gasteiger partial charge in [0.05, 0.1) is 12.1 Å². The summed E-state index contributed by atoms with van der Waals surface area (Å²) >= 11 is 5.87. The monoisotopic (exact) mass is 360 g/mol. The van der Waals surface area contributed by atoms with E-state index in [-0.39, 0.29) is 12.5 Å². The molecule has 1 amide bonds. The summed E-state index contributed by atoms with van der Waals surface area (Å²) in [6.07, 6.45) is 0. The number of benzene rings is 2. The molecule has 1 aromatic heterocycles. The van der Waals surface area contributed by atoms with Crippen LogP contribution in [0, 0.1) is 0 Å². The highest BCUT2D eigenvalue weighted by molar-refractivity contribution is 6.31. The minimum Gasteiger partial charge on any atom is -0.494 e. The molecule has 6 nitrogen and oxygen atoms in total. The lowest BCUT2D eigenvalue weighted by atomic mass is 10.2. The summed E-state index contributed by atoms with van der Waals surface area (Å²) in [6.45, 7) is 2.77. The number of rotatable bonds is 6. The van der Waals surface area contributed by atoms with Gasteiger partial charge in [-0.15, -0.1) is 0 Å². The minimum atomic E-state index is -0.589. The second-order valence-corrected chi connectivity index (χ2v) is 5.86. The van der Waals surface area contributed by atoms with Crippen LogP contribution < -0.4 is 15.8 Å². The first kappa shape index (κ1) is 17.1. The number of oxazole rings is 1. The van der Waals surface area contributed by atoms with Crippen LogP contribution in [0.25, 0.3) is 11.1 Å². The van der Waals surface area contributed by atoms with E-state index in [2.05, 4.69) is 5.32 Å². The third-order valence-corrected chi connectivity index (χ3v) is 3.89. The summed E-state index contributed by atoms with van der Waals surface area (Å²) in [6, 6.07) is 12.3. The van der Waals surface area contributed by atoms with E-state index in [1.807, 2.05) is 31.2 Å². The number of hydrogen-bond acceptors (Lipinski definition) is 4. The van der Waals surface area contributed by atoms with Crippen molar-refractivity contribution in [2.45, 2.75) is 20.0 Å². The average Bonchev–Trinajstić information content (AvgIpc) is 2.89. The maximum atomic E-state index is 12.2. The van der Waals surface area contributed by atoms with Gasteiger partial charge >= 0.3 is 5.76 Å². The van der Waals surface area contributed by atoms with Gasteiger partial charge in [-0.25, -0.2) is 4.79 Å². The molecule has 0 fully saturated rings. The molecule has 1 heterocycles. The molecule has 0 aliphatic carbocycles. The minimum absolute atomic E-state index is 0.121. The smallest absolute Gasteiger partial charge is 0.420 e. The van der Waals surface area contributed by atoms with Gasteiger partial charge < -0.3 is 14.5 Å². The topological polar surface area (TPSA) is 73.5 Å². The number of carbonyl (C=O) groups is 1. The van der Waals surface area contributed by atoms with Crippen molar-refractivity contribution in [2.75, 3.05) is 6.61 Å². The molecule has 0 atom stereocenters. The number of nitrogens with zero attached hydrogens (tertiary/aromatic N) is 1. The summed E-state index contributed by atoms with van der Waals surface area (Å²) in [5, 5.41) is 3.25. The van der Waals surface area contributed by atoms with E-state index in [0.29, 0.717) is 29.3 Å². The lowest BCUT2D eigenvalue weighted by molar-refractivity contribution is -0.121. The third kappa shape index (κ3) is 4.03. The molecule has 0 aliphatic heterocycles. The van der Waals surface area contributed by atoms with E-state index >= 15 is 0 Å². The molecule has 0 saturated carbocycles. The van der Waals surface area contributed by atoms with Crippen LogP contribution in [0.4, 0.5) is 0 Å². The van der Waals surface area contributed by atoms with Crippen LogP contribution in [-0.4, -0.2) is 17.1 Å². The van der Waals surface area contributed by atoms with Crippen molar-refractivity contribution < 1.29 is 13.9 Å². The van der Waals surface area contributed by atoms with Gasteiger partial charge in [-0.1, -0.05) is 23.7 Å².